The number of fused-ring (bicyclic) bond motifs is 2. The van der Waals surface area contributed by atoms with Crippen LogP contribution in [0, 0.1) is 5.82 Å². The minimum atomic E-state index is -1.23. The van der Waals surface area contributed by atoms with Gasteiger partial charge in [-0.25, -0.2) is 14.4 Å². The summed E-state index contributed by atoms with van der Waals surface area (Å²) >= 11 is 6.04. The zero-order valence-corrected chi connectivity index (χ0v) is 22.6. The molecule has 4 rings (SSSR count). The summed E-state index contributed by atoms with van der Waals surface area (Å²) < 4.78 is 24.1. The fourth-order valence-corrected chi connectivity index (χ4v) is 4.75. The van der Waals surface area contributed by atoms with Crippen molar-refractivity contribution in [1.29, 1.82) is 0 Å². The van der Waals surface area contributed by atoms with Gasteiger partial charge in [-0.3, -0.25) is 9.48 Å². The Bertz CT molecular complexity index is 1410. The third kappa shape index (κ3) is 5.39. The normalized spacial score (nSPS) is 12.3. The number of nitrogens with one attached hydrogen (secondary N) is 1. The molecule has 0 unspecified atom stereocenters. The lowest BCUT2D eigenvalue weighted by molar-refractivity contribution is 0.0890. The van der Waals surface area contributed by atoms with Crippen molar-refractivity contribution in [2.45, 2.75) is 52.3 Å². The second kappa shape index (κ2) is 9.67. The van der Waals surface area contributed by atoms with Crippen LogP contribution in [0.15, 0.2) is 24.5 Å². The van der Waals surface area contributed by atoms with Crippen LogP contribution in [0.25, 0.3) is 33.5 Å². The Morgan fingerprint density at radius 3 is 2.71 bits per heavy atom. The third-order valence-corrected chi connectivity index (χ3v) is 7.49. The molecule has 1 aromatic carbocycles. The topological polar surface area (TPSA) is 86.9 Å². The van der Waals surface area contributed by atoms with Crippen LogP contribution in [0.5, 0.6) is 0 Å². The molecular formula is C24H30ClFN6O2Si. The summed E-state index contributed by atoms with van der Waals surface area (Å²) in [6.45, 7) is 11.5. The first-order valence-corrected chi connectivity index (χ1v) is 15.6. The van der Waals surface area contributed by atoms with Gasteiger partial charge in [0.2, 0.25) is 0 Å². The Kier molecular flexibility index (Phi) is 6.99. The molecule has 3 aromatic heterocycles. The number of amides is 1. The molecule has 0 radical (unpaired) electrons. The summed E-state index contributed by atoms with van der Waals surface area (Å²) in [6.07, 6.45) is 3.25. The summed E-state index contributed by atoms with van der Waals surface area (Å²) in [5.41, 5.74) is 2.53. The molecule has 1 N–H and O–H groups in total. The number of nitrogens with zero attached hydrogens (tertiary/aromatic N) is 5. The van der Waals surface area contributed by atoms with Gasteiger partial charge in [0.15, 0.2) is 5.65 Å². The van der Waals surface area contributed by atoms with E-state index in [0.717, 1.165) is 6.04 Å². The maximum atomic E-state index is 14.9. The van der Waals surface area contributed by atoms with Gasteiger partial charge >= 0.3 is 0 Å². The van der Waals surface area contributed by atoms with E-state index in [1.165, 1.54) is 6.07 Å². The highest BCUT2D eigenvalue weighted by atomic mass is 35.5. The Morgan fingerprint density at radius 1 is 1.29 bits per heavy atom. The van der Waals surface area contributed by atoms with Gasteiger partial charge in [-0.15, -0.1) is 0 Å². The maximum absolute atomic E-state index is 14.9. The van der Waals surface area contributed by atoms with E-state index in [-0.39, 0.29) is 23.7 Å². The van der Waals surface area contributed by atoms with Crippen molar-refractivity contribution in [1.82, 2.24) is 29.6 Å². The first kappa shape index (κ1) is 25.3. The lowest BCUT2D eigenvalue weighted by Gasteiger charge is -2.15. The number of ether oxygens (including phenoxy) is 1. The number of aromatic nitrogens is 5. The van der Waals surface area contributed by atoms with Crippen molar-refractivity contribution in [3.63, 3.8) is 0 Å². The largest absolute Gasteiger partial charge is 0.361 e. The van der Waals surface area contributed by atoms with E-state index >= 15 is 0 Å². The number of halogens is 2. The molecule has 3 heterocycles. The standard InChI is InChI=1S/C24H30ClFN6O2Si/c1-14(2)28-24(33)16-12-32(13-34-7-8-35(4,5)6)23-21(16)29-18(11-27-23)22-20-17(26)9-15(25)10-19(20)31(3)30-22/h9-12,14H,7-8,13H2,1-6H3,(H,28,33). The number of carbonyl (C=O) groups excluding carboxylic acids is 1. The summed E-state index contributed by atoms with van der Waals surface area (Å²) in [7, 11) is 0.484. The monoisotopic (exact) mass is 516 g/mol. The average Bonchev–Trinajstić information content (AvgIpc) is 3.28. The number of benzene rings is 1. The molecule has 8 nitrogen and oxygen atoms in total. The lowest BCUT2D eigenvalue weighted by Crippen LogP contribution is -2.30. The van der Waals surface area contributed by atoms with Gasteiger partial charge < -0.3 is 14.6 Å². The number of rotatable bonds is 8. The minimum absolute atomic E-state index is 0.0522. The fraction of sp³-hybridized carbons (Fsp3) is 0.417. The van der Waals surface area contributed by atoms with Crippen LogP contribution in [0.4, 0.5) is 4.39 Å². The Labute approximate surface area is 209 Å². The van der Waals surface area contributed by atoms with Crippen LogP contribution < -0.4 is 5.32 Å². The maximum Gasteiger partial charge on any atom is 0.255 e. The van der Waals surface area contributed by atoms with E-state index in [0.29, 0.717) is 45.6 Å². The van der Waals surface area contributed by atoms with E-state index in [4.69, 9.17) is 21.3 Å². The molecule has 1 amide bonds. The van der Waals surface area contributed by atoms with Crippen molar-refractivity contribution in [2.24, 2.45) is 7.05 Å². The van der Waals surface area contributed by atoms with Crippen LogP contribution in [0.1, 0.15) is 24.2 Å². The predicted octanol–water partition coefficient (Wildman–Crippen LogP) is 5.23. The van der Waals surface area contributed by atoms with Gasteiger partial charge in [0, 0.05) is 39.0 Å². The van der Waals surface area contributed by atoms with E-state index < -0.39 is 13.9 Å². The molecular weight excluding hydrogens is 487 g/mol. The molecule has 0 aliphatic carbocycles. The zero-order valence-electron chi connectivity index (χ0n) is 20.8. The highest BCUT2D eigenvalue weighted by molar-refractivity contribution is 6.76. The number of hydrogen-bond donors (Lipinski definition) is 1. The molecule has 0 bridgehead atoms. The van der Waals surface area contributed by atoms with Crippen molar-refractivity contribution < 1.29 is 13.9 Å². The van der Waals surface area contributed by atoms with E-state index in [2.05, 4.69) is 35.0 Å². The van der Waals surface area contributed by atoms with Crippen LogP contribution in [-0.4, -0.2) is 50.9 Å². The lowest BCUT2D eigenvalue weighted by atomic mass is 10.1. The molecule has 0 spiro atoms. The molecule has 0 aliphatic rings. The third-order valence-electron chi connectivity index (χ3n) is 5.57. The molecule has 0 atom stereocenters. The van der Waals surface area contributed by atoms with Crippen molar-refractivity contribution >= 4 is 47.6 Å². The smallest absolute Gasteiger partial charge is 0.255 e. The number of hydrogen-bond acceptors (Lipinski definition) is 5. The highest BCUT2D eigenvalue weighted by Gasteiger charge is 2.22. The van der Waals surface area contributed by atoms with Crippen molar-refractivity contribution in [3.05, 3.63) is 40.9 Å². The molecule has 11 heteroatoms. The van der Waals surface area contributed by atoms with Crippen molar-refractivity contribution in [2.75, 3.05) is 6.61 Å². The summed E-state index contributed by atoms with van der Waals surface area (Å²) in [5.74, 6) is -0.759. The Hall–Kier alpha value is -2.82. The van der Waals surface area contributed by atoms with Crippen LogP contribution in [0.3, 0.4) is 0 Å². The van der Waals surface area contributed by atoms with Gasteiger partial charge in [-0.1, -0.05) is 31.2 Å². The molecule has 0 saturated heterocycles. The van der Waals surface area contributed by atoms with Crippen LogP contribution >= 0.6 is 11.6 Å². The van der Waals surface area contributed by atoms with Crippen LogP contribution in [-0.2, 0) is 18.5 Å². The van der Waals surface area contributed by atoms with Gasteiger partial charge in [0.25, 0.3) is 5.91 Å². The average molecular weight is 517 g/mol. The van der Waals surface area contributed by atoms with E-state index in [1.54, 1.807) is 34.8 Å². The summed E-state index contributed by atoms with van der Waals surface area (Å²) in [5, 5.41) is 7.96. The second-order valence-corrected chi connectivity index (χ2v) is 16.2. The molecule has 0 aliphatic heterocycles. The minimum Gasteiger partial charge on any atom is -0.361 e. The first-order chi connectivity index (χ1) is 16.4. The van der Waals surface area contributed by atoms with E-state index in [9.17, 15) is 9.18 Å². The SMILES string of the molecule is CC(C)NC(=O)c1cn(COCC[Si](C)(C)C)c2ncc(-c3nn(C)c4cc(Cl)cc(F)c34)nc12. The van der Waals surface area contributed by atoms with Gasteiger partial charge in [-0.2, -0.15) is 5.10 Å². The molecule has 35 heavy (non-hydrogen) atoms. The fourth-order valence-electron chi connectivity index (χ4n) is 3.79. The second-order valence-electron chi connectivity index (χ2n) is 10.2. The Morgan fingerprint density at radius 2 is 2.03 bits per heavy atom. The first-order valence-electron chi connectivity index (χ1n) is 11.5. The number of carbonyl (C=O) groups is 1. The molecule has 0 saturated carbocycles. The van der Waals surface area contributed by atoms with Gasteiger partial charge in [0.05, 0.1) is 22.7 Å². The van der Waals surface area contributed by atoms with Gasteiger partial charge in [-0.05, 0) is 32.0 Å². The molecule has 186 valence electrons. The highest BCUT2D eigenvalue weighted by Crippen LogP contribution is 2.32. The zero-order chi connectivity index (χ0) is 25.5. The quantitative estimate of drug-likeness (QED) is 0.256. The van der Waals surface area contributed by atoms with Crippen LogP contribution in [0.2, 0.25) is 30.7 Å². The number of aryl methyl sites for hydroxylation is 1. The Balaban J connectivity index is 1.78. The predicted molar refractivity (Wildman–Crippen MR) is 139 cm³/mol. The summed E-state index contributed by atoms with van der Waals surface area (Å²) in [6, 6.07) is 3.88. The summed E-state index contributed by atoms with van der Waals surface area (Å²) in [4.78, 5) is 22.3. The van der Waals surface area contributed by atoms with E-state index in [1.807, 2.05) is 13.8 Å². The molecule has 0 fully saturated rings. The molecule has 4 aromatic rings. The van der Waals surface area contributed by atoms with Gasteiger partial charge in [0.1, 0.15) is 29.5 Å². The van der Waals surface area contributed by atoms with Crippen molar-refractivity contribution in [3.8, 4) is 11.4 Å².